The number of benzene rings is 1. The monoisotopic (exact) mass is 284 g/mol. The van der Waals surface area contributed by atoms with E-state index in [4.69, 9.17) is 5.73 Å². The summed E-state index contributed by atoms with van der Waals surface area (Å²) in [5, 5.41) is 0. The van der Waals surface area contributed by atoms with Gasteiger partial charge in [0.1, 0.15) is 0 Å². The van der Waals surface area contributed by atoms with Crippen molar-refractivity contribution in [2.45, 2.75) is 26.0 Å². The van der Waals surface area contributed by atoms with Gasteiger partial charge >= 0.3 is 0 Å². The first-order chi connectivity index (χ1) is 8.89. The van der Waals surface area contributed by atoms with Gasteiger partial charge in [0.15, 0.2) is 0 Å². The van der Waals surface area contributed by atoms with E-state index in [1.54, 1.807) is 13.0 Å². The molecule has 1 aromatic carbocycles. The molecular weight excluding hydrogens is 264 g/mol. The Morgan fingerprint density at radius 2 is 1.89 bits per heavy atom. The molecule has 0 saturated carbocycles. The molecule has 0 saturated heterocycles. The number of sulfonamides is 1. The van der Waals surface area contributed by atoms with Gasteiger partial charge in [-0.05, 0) is 17.5 Å². The zero-order valence-electron chi connectivity index (χ0n) is 11.3. The van der Waals surface area contributed by atoms with Crippen LogP contribution in [-0.2, 0) is 27.0 Å². The number of aryl methyl sites for hydroxylation is 1. The molecular formula is C13H20N2O3S. The fourth-order valence-electron chi connectivity index (χ4n) is 1.82. The predicted molar refractivity (Wildman–Crippen MR) is 74.9 cm³/mol. The molecule has 0 radical (unpaired) electrons. The van der Waals surface area contributed by atoms with Gasteiger partial charge in [0.05, 0.1) is 12.3 Å². The second-order valence-corrected chi connectivity index (χ2v) is 6.29. The summed E-state index contributed by atoms with van der Waals surface area (Å²) in [7, 11) is -3.51. The van der Waals surface area contributed by atoms with Gasteiger partial charge in [-0.3, -0.25) is 4.79 Å². The summed E-state index contributed by atoms with van der Waals surface area (Å²) >= 11 is 0. The lowest BCUT2D eigenvalue weighted by molar-refractivity contribution is -0.118. The Bertz CT molecular complexity index is 541. The van der Waals surface area contributed by atoms with E-state index in [-0.39, 0.29) is 18.8 Å². The molecule has 0 aromatic heterocycles. The van der Waals surface area contributed by atoms with Crippen molar-refractivity contribution < 1.29 is 13.2 Å². The first kappa shape index (κ1) is 15.7. The van der Waals surface area contributed by atoms with Gasteiger partial charge in [-0.15, -0.1) is 0 Å². The number of hydrogen-bond donors (Lipinski definition) is 1. The molecule has 0 bridgehead atoms. The SMILES string of the molecule is CCc1cccc(CS(=O)(=O)N(CC)CC(N)=O)c1. The van der Waals surface area contributed by atoms with Crippen molar-refractivity contribution in [3.8, 4) is 0 Å². The third kappa shape index (κ3) is 4.65. The molecule has 0 spiro atoms. The molecule has 1 rings (SSSR count). The minimum atomic E-state index is -3.51. The van der Waals surface area contributed by atoms with Crippen LogP contribution in [0.5, 0.6) is 0 Å². The summed E-state index contributed by atoms with van der Waals surface area (Å²) < 4.78 is 25.5. The van der Waals surface area contributed by atoms with Crippen molar-refractivity contribution in [3.63, 3.8) is 0 Å². The fraction of sp³-hybridized carbons (Fsp3) is 0.462. The van der Waals surface area contributed by atoms with Crippen LogP contribution in [0.25, 0.3) is 0 Å². The fourth-order valence-corrected chi connectivity index (χ4v) is 3.32. The Kier molecular flexibility index (Phi) is 5.50. The van der Waals surface area contributed by atoms with Crippen LogP contribution in [0.2, 0.25) is 0 Å². The topological polar surface area (TPSA) is 80.5 Å². The van der Waals surface area contributed by atoms with Crippen molar-refractivity contribution in [2.75, 3.05) is 13.1 Å². The smallest absolute Gasteiger partial charge is 0.232 e. The van der Waals surface area contributed by atoms with Gasteiger partial charge in [-0.2, -0.15) is 4.31 Å². The Morgan fingerprint density at radius 1 is 1.26 bits per heavy atom. The molecule has 0 fully saturated rings. The van der Waals surface area contributed by atoms with Crippen LogP contribution in [0.4, 0.5) is 0 Å². The maximum Gasteiger partial charge on any atom is 0.232 e. The van der Waals surface area contributed by atoms with Gasteiger partial charge in [0.2, 0.25) is 15.9 Å². The van der Waals surface area contributed by atoms with E-state index in [1.165, 1.54) is 0 Å². The van der Waals surface area contributed by atoms with Crippen LogP contribution in [0, 0.1) is 0 Å². The molecule has 0 unspecified atom stereocenters. The number of carbonyl (C=O) groups is 1. The average Bonchev–Trinajstić information content (AvgIpc) is 2.35. The second kappa shape index (κ2) is 6.68. The third-order valence-corrected chi connectivity index (χ3v) is 4.70. The van der Waals surface area contributed by atoms with Crippen molar-refractivity contribution in [1.29, 1.82) is 0 Å². The van der Waals surface area contributed by atoms with Crippen LogP contribution in [-0.4, -0.2) is 31.7 Å². The van der Waals surface area contributed by atoms with Crippen molar-refractivity contribution in [2.24, 2.45) is 5.73 Å². The normalized spacial score (nSPS) is 11.7. The predicted octanol–water partition coefficient (Wildman–Crippen LogP) is 0.886. The summed E-state index contributed by atoms with van der Waals surface area (Å²) in [6.07, 6.45) is 0.854. The van der Waals surface area contributed by atoms with Crippen LogP contribution in [0.15, 0.2) is 24.3 Å². The van der Waals surface area contributed by atoms with Crippen molar-refractivity contribution in [1.82, 2.24) is 4.31 Å². The highest BCUT2D eigenvalue weighted by atomic mass is 32.2. The minimum absolute atomic E-state index is 0.109. The average molecular weight is 284 g/mol. The lowest BCUT2D eigenvalue weighted by Gasteiger charge is -2.18. The minimum Gasteiger partial charge on any atom is -0.369 e. The van der Waals surface area contributed by atoms with E-state index >= 15 is 0 Å². The molecule has 1 aromatic rings. The van der Waals surface area contributed by atoms with E-state index in [9.17, 15) is 13.2 Å². The Hall–Kier alpha value is -1.40. The van der Waals surface area contributed by atoms with Crippen molar-refractivity contribution in [3.05, 3.63) is 35.4 Å². The number of nitrogens with two attached hydrogens (primary N) is 1. The largest absolute Gasteiger partial charge is 0.369 e. The zero-order valence-corrected chi connectivity index (χ0v) is 12.1. The molecule has 0 aliphatic heterocycles. The number of likely N-dealkylation sites (N-methyl/N-ethyl adjacent to an activating group) is 1. The summed E-state index contributed by atoms with van der Waals surface area (Å²) in [4.78, 5) is 10.9. The summed E-state index contributed by atoms with van der Waals surface area (Å²) in [5.74, 6) is -0.755. The molecule has 6 heteroatoms. The van der Waals surface area contributed by atoms with E-state index in [2.05, 4.69) is 0 Å². The van der Waals surface area contributed by atoms with Gasteiger partial charge < -0.3 is 5.73 Å². The highest BCUT2D eigenvalue weighted by Gasteiger charge is 2.22. The molecule has 0 heterocycles. The molecule has 19 heavy (non-hydrogen) atoms. The molecule has 2 N–H and O–H groups in total. The Morgan fingerprint density at radius 3 is 2.42 bits per heavy atom. The number of hydrogen-bond acceptors (Lipinski definition) is 3. The number of amides is 1. The molecule has 0 aliphatic rings. The Balaban J connectivity index is 2.91. The molecule has 5 nitrogen and oxygen atoms in total. The zero-order chi connectivity index (χ0) is 14.5. The first-order valence-corrected chi connectivity index (χ1v) is 7.84. The molecule has 106 valence electrons. The quantitative estimate of drug-likeness (QED) is 0.807. The van der Waals surface area contributed by atoms with E-state index in [0.29, 0.717) is 0 Å². The van der Waals surface area contributed by atoms with Crippen molar-refractivity contribution >= 4 is 15.9 Å². The third-order valence-electron chi connectivity index (χ3n) is 2.83. The van der Waals surface area contributed by atoms with Crippen LogP contribution in [0.3, 0.4) is 0 Å². The highest BCUT2D eigenvalue weighted by Crippen LogP contribution is 2.13. The summed E-state index contributed by atoms with van der Waals surface area (Å²) in [6, 6.07) is 7.44. The van der Waals surface area contributed by atoms with Gasteiger partial charge in [-0.25, -0.2) is 8.42 Å². The maximum absolute atomic E-state index is 12.2. The van der Waals surface area contributed by atoms with Crippen LogP contribution in [0.1, 0.15) is 25.0 Å². The van der Waals surface area contributed by atoms with Gasteiger partial charge in [0, 0.05) is 6.54 Å². The number of rotatable bonds is 7. The van der Waals surface area contributed by atoms with E-state index < -0.39 is 15.9 Å². The number of nitrogens with zero attached hydrogens (tertiary/aromatic N) is 1. The van der Waals surface area contributed by atoms with Crippen LogP contribution < -0.4 is 5.73 Å². The summed E-state index contributed by atoms with van der Waals surface area (Å²) in [6.45, 7) is 3.66. The van der Waals surface area contributed by atoms with E-state index in [0.717, 1.165) is 21.9 Å². The summed E-state index contributed by atoms with van der Waals surface area (Å²) in [5.41, 5.74) is 6.87. The standard InChI is InChI=1S/C13H20N2O3S/c1-3-11-6-5-7-12(8-11)10-19(17,18)15(4-2)9-13(14)16/h5-8H,3-4,9-10H2,1-2H3,(H2,14,16). The molecule has 0 atom stereocenters. The molecule has 1 amide bonds. The number of primary amides is 1. The van der Waals surface area contributed by atoms with Gasteiger partial charge in [-0.1, -0.05) is 38.1 Å². The lowest BCUT2D eigenvalue weighted by atomic mass is 10.1. The number of carbonyl (C=O) groups excluding carboxylic acids is 1. The van der Waals surface area contributed by atoms with E-state index in [1.807, 2.05) is 25.1 Å². The van der Waals surface area contributed by atoms with Crippen LogP contribution >= 0.6 is 0 Å². The highest BCUT2D eigenvalue weighted by molar-refractivity contribution is 7.88. The van der Waals surface area contributed by atoms with Gasteiger partial charge in [0.25, 0.3) is 0 Å². The lowest BCUT2D eigenvalue weighted by Crippen LogP contribution is -2.38. The first-order valence-electron chi connectivity index (χ1n) is 6.23. The maximum atomic E-state index is 12.2. The second-order valence-electron chi connectivity index (χ2n) is 4.32. The molecule has 0 aliphatic carbocycles. The Labute approximate surface area is 114 Å².